The van der Waals surface area contributed by atoms with Gasteiger partial charge in [0.2, 0.25) is 10.0 Å². The smallest absolute Gasteiger partial charge is 0.244 e. The van der Waals surface area contributed by atoms with Crippen LogP contribution in [-0.4, -0.2) is 36.0 Å². The molecule has 0 fully saturated rings. The zero-order valence-electron chi connectivity index (χ0n) is 11.3. The van der Waals surface area contributed by atoms with E-state index < -0.39 is 10.0 Å². The van der Waals surface area contributed by atoms with Crippen molar-refractivity contribution in [3.8, 4) is 0 Å². The number of anilines is 1. The zero-order valence-corrected chi connectivity index (χ0v) is 12.1. The number of sulfonamides is 1. The fourth-order valence-electron chi connectivity index (χ4n) is 1.87. The molecule has 8 heteroatoms. The first-order valence-corrected chi connectivity index (χ1v) is 7.62. The first-order valence-electron chi connectivity index (χ1n) is 6.14. The minimum atomic E-state index is -3.61. The van der Waals surface area contributed by atoms with E-state index in [-0.39, 0.29) is 10.9 Å². The van der Waals surface area contributed by atoms with Crippen molar-refractivity contribution in [2.24, 2.45) is 0 Å². The Bertz CT molecular complexity index is 654. The van der Waals surface area contributed by atoms with E-state index in [1.165, 1.54) is 6.07 Å². The molecule has 2 aromatic heterocycles. The maximum absolute atomic E-state index is 12.3. The Hall–Kier alpha value is -1.93. The van der Waals surface area contributed by atoms with Crippen molar-refractivity contribution in [1.29, 1.82) is 0 Å². The van der Waals surface area contributed by atoms with Gasteiger partial charge in [-0.15, -0.1) is 0 Å². The van der Waals surface area contributed by atoms with Crippen molar-refractivity contribution in [1.82, 2.24) is 19.3 Å². The van der Waals surface area contributed by atoms with E-state index in [0.717, 1.165) is 0 Å². The van der Waals surface area contributed by atoms with Gasteiger partial charge in [-0.25, -0.2) is 23.1 Å². The van der Waals surface area contributed by atoms with E-state index in [1.807, 2.05) is 4.57 Å². The van der Waals surface area contributed by atoms with E-state index in [0.29, 0.717) is 12.4 Å². The van der Waals surface area contributed by atoms with Gasteiger partial charge in [-0.2, -0.15) is 0 Å². The summed E-state index contributed by atoms with van der Waals surface area (Å²) >= 11 is 0. The van der Waals surface area contributed by atoms with E-state index in [2.05, 4.69) is 20.0 Å². The Morgan fingerprint density at radius 2 is 2.20 bits per heavy atom. The summed E-state index contributed by atoms with van der Waals surface area (Å²) in [6.45, 7) is 2.31. The highest BCUT2D eigenvalue weighted by Crippen LogP contribution is 2.17. The van der Waals surface area contributed by atoms with E-state index in [4.69, 9.17) is 0 Å². The molecule has 0 spiro atoms. The van der Waals surface area contributed by atoms with Gasteiger partial charge in [-0.05, 0) is 19.1 Å². The summed E-state index contributed by atoms with van der Waals surface area (Å²) in [7, 11) is -1.98. The number of hydrogen-bond acceptors (Lipinski definition) is 5. The predicted molar refractivity (Wildman–Crippen MR) is 75.8 cm³/mol. The van der Waals surface area contributed by atoms with Crippen LogP contribution in [0.4, 0.5) is 5.82 Å². The van der Waals surface area contributed by atoms with Crippen molar-refractivity contribution < 1.29 is 8.42 Å². The number of imidazole rings is 1. The summed E-state index contributed by atoms with van der Waals surface area (Å²) in [5.74, 6) is 0.329. The van der Waals surface area contributed by atoms with Crippen LogP contribution in [0, 0.1) is 0 Å². The molecule has 0 aliphatic rings. The molecule has 2 heterocycles. The number of pyridine rings is 1. The van der Waals surface area contributed by atoms with E-state index in [9.17, 15) is 8.42 Å². The molecule has 2 rings (SSSR count). The van der Waals surface area contributed by atoms with Gasteiger partial charge >= 0.3 is 0 Å². The molecule has 0 bridgehead atoms. The second-order valence-corrected chi connectivity index (χ2v) is 6.06. The fraction of sp³-hybridized carbons (Fsp3) is 0.333. The molecule has 0 aliphatic heterocycles. The van der Waals surface area contributed by atoms with E-state index in [1.54, 1.807) is 45.0 Å². The molecule has 0 amide bonds. The molecule has 1 atom stereocenters. The highest BCUT2D eigenvalue weighted by atomic mass is 32.2. The lowest BCUT2D eigenvalue weighted by Crippen LogP contribution is -2.35. The molecule has 0 saturated heterocycles. The third-order valence-corrected chi connectivity index (χ3v) is 4.32. The monoisotopic (exact) mass is 295 g/mol. The molecule has 1 unspecified atom stereocenters. The van der Waals surface area contributed by atoms with Gasteiger partial charge in [0.05, 0.1) is 6.33 Å². The summed E-state index contributed by atoms with van der Waals surface area (Å²) < 4.78 is 29.1. The van der Waals surface area contributed by atoms with Gasteiger partial charge in [-0.3, -0.25) is 0 Å². The largest absolute Gasteiger partial charge is 0.372 e. The minimum absolute atomic E-state index is 0.139. The number of rotatable bonds is 6. The first kappa shape index (κ1) is 14.5. The normalized spacial score (nSPS) is 13.1. The highest BCUT2D eigenvalue weighted by molar-refractivity contribution is 7.89. The lowest BCUT2D eigenvalue weighted by atomic mass is 10.4. The SMILES string of the molecule is CNc1ncccc1S(=O)(=O)NC(C)Cn1ccnc1. The number of nitrogens with zero attached hydrogens (tertiary/aromatic N) is 3. The highest BCUT2D eigenvalue weighted by Gasteiger charge is 2.21. The maximum atomic E-state index is 12.3. The van der Waals surface area contributed by atoms with Crippen LogP contribution in [0.1, 0.15) is 6.92 Å². The predicted octanol–water partition coefficient (Wildman–Crippen LogP) is 0.687. The third-order valence-electron chi connectivity index (χ3n) is 2.70. The van der Waals surface area contributed by atoms with Crippen molar-refractivity contribution in [2.75, 3.05) is 12.4 Å². The van der Waals surface area contributed by atoms with Gasteiger partial charge in [0.25, 0.3) is 0 Å². The Morgan fingerprint density at radius 3 is 2.85 bits per heavy atom. The summed E-state index contributed by atoms with van der Waals surface area (Å²) in [5.41, 5.74) is 0. The van der Waals surface area contributed by atoms with Crippen LogP contribution >= 0.6 is 0 Å². The number of aromatic nitrogens is 3. The molecule has 0 aliphatic carbocycles. The van der Waals surface area contributed by atoms with Crippen molar-refractivity contribution in [2.45, 2.75) is 24.4 Å². The lowest BCUT2D eigenvalue weighted by molar-refractivity contribution is 0.520. The fourth-order valence-corrected chi connectivity index (χ4v) is 3.27. The average molecular weight is 295 g/mol. The van der Waals surface area contributed by atoms with Crippen LogP contribution in [-0.2, 0) is 16.6 Å². The quantitative estimate of drug-likeness (QED) is 0.818. The third kappa shape index (κ3) is 3.34. The van der Waals surface area contributed by atoms with Crippen LogP contribution in [0.15, 0.2) is 41.9 Å². The van der Waals surface area contributed by atoms with Crippen LogP contribution in [0.25, 0.3) is 0 Å². The van der Waals surface area contributed by atoms with Crippen LogP contribution in [0.2, 0.25) is 0 Å². The second kappa shape index (κ2) is 6.02. The Morgan fingerprint density at radius 1 is 1.40 bits per heavy atom. The van der Waals surface area contributed by atoms with Gasteiger partial charge < -0.3 is 9.88 Å². The molecule has 108 valence electrons. The summed E-state index contributed by atoms with van der Waals surface area (Å²) in [5, 5.41) is 2.78. The molecule has 2 N–H and O–H groups in total. The molecule has 20 heavy (non-hydrogen) atoms. The van der Waals surface area contributed by atoms with Gasteiger partial charge in [-0.1, -0.05) is 0 Å². The molecule has 0 saturated carbocycles. The molecule has 7 nitrogen and oxygen atoms in total. The number of nitrogens with one attached hydrogen (secondary N) is 2. The molecule has 2 aromatic rings. The summed E-state index contributed by atoms with van der Waals surface area (Å²) in [6, 6.07) is 2.85. The van der Waals surface area contributed by atoms with Crippen LogP contribution in [0.3, 0.4) is 0 Å². The Kier molecular flexibility index (Phi) is 4.35. The van der Waals surface area contributed by atoms with Crippen LogP contribution < -0.4 is 10.0 Å². The van der Waals surface area contributed by atoms with E-state index >= 15 is 0 Å². The molecular weight excluding hydrogens is 278 g/mol. The Labute approximate surface area is 118 Å². The molecule has 0 aromatic carbocycles. The average Bonchev–Trinajstić information content (AvgIpc) is 2.90. The topological polar surface area (TPSA) is 88.9 Å². The van der Waals surface area contributed by atoms with Gasteiger partial charge in [0.15, 0.2) is 0 Å². The summed E-state index contributed by atoms with van der Waals surface area (Å²) in [6.07, 6.45) is 6.63. The summed E-state index contributed by atoms with van der Waals surface area (Å²) in [4.78, 5) is 8.06. The van der Waals surface area contributed by atoms with Crippen molar-refractivity contribution in [3.63, 3.8) is 0 Å². The van der Waals surface area contributed by atoms with Crippen molar-refractivity contribution >= 4 is 15.8 Å². The van der Waals surface area contributed by atoms with Gasteiger partial charge in [0, 0.05) is 38.2 Å². The minimum Gasteiger partial charge on any atom is -0.372 e. The standard InChI is InChI=1S/C12H17N5O2S/c1-10(8-17-7-6-14-9-17)16-20(18,19)11-4-3-5-15-12(11)13-2/h3-7,9-10,16H,8H2,1-2H3,(H,13,15). The second-order valence-electron chi connectivity index (χ2n) is 4.38. The Balaban J connectivity index is 2.14. The molecular formula is C12H17N5O2S. The van der Waals surface area contributed by atoms with Crippen molar-refractivity contribution in [3.05, 3.63) is 37.1 Å². The zero-order chi connectivity index (χ0) is 14.6. The first-order chi connectivity index (χ1) is 9.53. The van der Waals surface area contributed by atoms with Gasteiger partial charge in [0.1, 0.15) is 10.7 Å². The van der Waals surface area contributed by atoms with Crippen LogP contribution in [0.5, 0.6) is 0 Å². The molecule has 0 radical (unpaired) electrons. The lowest BCUT2D eigenvalue weighted by Gasteiger charge is -2.16. The number of hydrogen-bond donors (Lipinski definition) is 2. The maximum Gasteiger partial charge on any atom is 0.244 e.